The maximum absolute atomic E-state index is 12.3. The van der Waals surface area contributed by atoms with Gasteiger partial charge in [0.25, 0.3) is 5.91 Å². The first-order chi connectivity index (χ1) is 13.2. The molecule has 1 atom stereocenters. The number of ether oxygens (including phenoxy) is 1. The quantitative estimate of drug-likeness (QED) is 0.770. The van der Waals surface area contributed by atoms with Crippen molar-refractivity contribution in [3.63, 3.8) is 0 Å². The number of anilines is 2. The minimum Gasteiger partial charge on any atom is -0.441 e. The van der Waals surface area contributed by atoms with E-state index in [0.717, 1.165) is 31.1 Å². The van der Waals surface area contributed by atoms with Crippen molar-refractivity contribution >= 4 is 35.3 Å². The predicted molar refractivity (Wildman–Crippen MR) is 109 cm³/mol. The molecule has 0 spiro atoms. The fourth-order valence-corrected chi connectivity index (χ4v) is 4.02. The van der Waals surface area contributed by atoms with Crippen LogP contribution in [0.2, 0.25) is 0 Å². The summed E-state index contributed by atoms with van der Waals surface area (Å²) in [6, 6.07) is 12.1. The van der Waals surface area contributed by atoms with E-state index in [0.29, 0.717) is 23.9 Å². The van der Waals surface area contributed by atoms with Gasteiger partial charge in [0.05, 0.1) is 18.1 Å². The molecule has 0 saturated carbocycles. The van der Waals surface area contributed by atoms with Crippen LogP contribution in [0.25, 0.3) is 6.08 Å². The number of hydrogen-bond donors (Lipinski definition) is 2. The van der Waals surface area contributed by atoms with Gasteiger partial charge in [0, 0.05) is 30.9 Å². The minimum atomic E-state index is -0.190. The number of hydrogen-bond acceptors (Lipinski definition) is 6. The molecular weight excluding hydrogens is 362 g/mol. The Morgan fingerprint density at radius 1 is 1.22 bits per heavy atom. The number of nitrogens with zero attached hydrogens (tertiary/aromatic N) is 1. The summed E-state index contributed by atoms with van der Waals surface area (Å²) in [7, 11) is 0. The molecule has 6 nitrogen and oxygen atoms in total. The van der Waals surface area contributed by atoms with Crippen LogP contribution in [0.15, 0.2) is 45.7 Å². The predicted octanol–water partition coefficient (Wildman–Crippen LogP) is 3.28. The van der Waals surface area contributed by atoms with Gasteiger partial charge in [-0.3, -0.25) is 4.79 Å². The van der Waals surface area contributed by atoms with E-state index in [-0.39, 0.29) is 11.4 Å². The third-order valence-electron chi connectivity index (χ3n) is 4.60. The molecule has 4 rings (SSSR count). The van der Waals surface area contributed by atoms with E-state index in [9.17, 15) is 4.79 Å². The van der Waals surface area contributed by atoms with Gasteiger partial charge < -0.3 is 24.7 Å². The normalized spacial score (nSPS) is 21.5. The molecule has 1 amide bonds. The first kappa shape index (κ1) is 18.0. The van der Waals surface area contributed by atoms with Gasteiger partial charge in [-0.05, 0) is 30.2 Å². The fraction of sp³-hybridized carbons (Fsp3) is 0.350. The van der Waals surface area contributed by atoms with Gasteiger partial charge in [-0.2, -0.15) is 0 Å². The average molecular weight is 385 g/mol. The number of nitrogens with one attached hydrogen (secondary N) is 2. The van der Waals surface area contributed by atoms with Crippen LogP contribution in [-0.4, -0.2) is 37.7 Å². The molecule has 0 aliphatic carbocycles. The van der Waals surface area contributed by atoms with E-state index in [1.807, 2.05) is 24.3 Å². The zero-order chi connectivity index (χ0) is 18.6. The lowest BCUT2D eigenvalue weighted by molar-refractivity contribution is -0.116. The number of morpholine rings is 1. The zero-order valence-electron chi connectivity index (χ0n) is 15.2. The van der Waals surface area contributed by atoms with Gasteiger partial charge >= 0.3 is 0 Å². The van der Waals surface area contributed by atoms with Gasteiger partial charge in [-0.15, -0.1) is 0 Å². The van der Waals surface area contributed by atoms with Gasteiger partial charge in [-0.1, -0.05) is 30.8 Å². The first-order valence-corrected chi connectivity index (χ1v) is 10.1. The fourth-order valence-electron chi connectivity index (χ4n) is 3.06. The highest BCUT2D eigenvalue weighted by Crippen LogP contribution is 2.31. The largest absolute Gasteiger partial charge is 0.441 e. The van der Waals surface area contributed by atoms with Crippen molar-refractivity contribution in [2.45, 2.75) is 18.8 Å². The molecule has 0 unspecified atom stereocenters. The number of carbonyl (C=O) groups excluding carboxylic acids is 1. The van der Waals surface area contributed by atoms with Gasteiger partial charge in [0.2, 0.25) is 0 Å². The summed E-state index contributed by atoms with van der Waals surface area (Å²) < 4.78 is 11.3. The number of furan rings is 1. The molecule has 1 aromatic heterocycles. The molecule has 0 bridgehead atoms. The molecule has 7 heteroatoms. The van der Waals surface area contributed by atoms with Crippen LogP contribution in [0.4, 0.5) is 11.6 Å². The maximum Gasteiger partial charge on any atom is 0.260 e. The Balaban J connectivity index is 1.40. The van der Waals surface area contributed by atoms with Crippen LogP contribution in [0.3, 0.4) is 0 Å². The molecule has 2 aliphatic rings. The van der Waals surface area contributed by atoms with Crippen molar-refractivity contribution in [1.82, 2.24) is 5.32 Å². The highest BCUT2D eigenvalue weighted by molar-refractivity contribution is 8.05. The van der Waals surface area contributed by atoms with Gasteiger partial charge in [0.15, 0.2) is 11.4 Å². The summed E-state index contributed by atoms with van der Waals surface area (Å²) in [6.45, 7) is 5.19. The molecule has 142 valence electrons. The number of benzene rings is 1. The van der Waals surface area contributed by atoms with Crippen LogP contribution in [-0.2, 0) is 16.0 Å². The van der Waals surface area contributed by atoms with E-state index >= 15 is 0 Å². The molecule has 2 aromatic rings. The molecule has 3 heterocycles. The van der Waals surface area contributed by atoms with Crippen molar-refractivity contribution < 1.29 is 13.9 Å². The molecular formula is C20H23N3O3S. The summed E-state index contributed by atoms with van der Waals surface area (Å²) in [5, 5.41) is 6.28. The monoisotopic (exact) mass is 385 g/mol. The standard InChI is InChI=1S/C20H23N3O3S/c1-2-14-3-5-15(6-4-14)21-20-22-19(24)17(27-20)13-16-7-8-18(26-16)23-9-11-25-12-10-23/h3-8,13,20-21H,2,9-12H2,1H3,(H,22,24)/b17-13-/t20-/m1/s1. The second kappa shape index (κ2) is 8.10. The lowest BCUT2D eigenvalue weighted by atomic mass is 10.1. The van der Waals surface area contributed by atoms with Crippen molar-refractivity contribution in [2.75, 3.05) is 36.5 Å². The Hall–Kier alpha value is -2.38. The number of amides is 1. The second-order valence-corrected chi connectivity index (χ2v) is 7.60. The molecule has 0 radical (unpaired) electrons. The van der Waals surface area contributed by atoms with Crippen molar-refractivity contribution in [1.29, 1.82) is 0 Å². The molecule has 1 aromatic carbocycles. The van der Waals surface area contributed by atoms with E-state index in [4.69, 9.17) is 9.15 Å². The SMILES string of the molecule is CCc1ccc(N[C@@H]2NC(=O)/C(=C/c3ccc(N4CCOCC4)o3)S2)cc1. The third-order valence-corrected chi connectivity index (χ3v) is 5.63. The summed E-state index contributed by atoms with van der Waals surface area (Å²) in [5.74, 6) is 1.41. The Kier molecular flexibility index (Phi) is 5.40. The van der Waals surface area contributed by atoms with E-state index in [1.165, 1.54) is 17.3 Å². The minimum absolute atomic E-state index is 0.0907. The highest BCUT2D eigenvalue weighted by Gasteiger charge is 2.27. The average Bonchev–Trinajstić information content (AvgIpc) is 3.30. The lowest BCUT2D eigenvalue weighted by Crippen LogP contribution is -2.35. The van der Waals surface area contributed by atoms with Crippen LogP contribution >= 0.6 is 11.8 Å². The highest BCUT2D eigenvalue weighted by atomic mass is 32.2. The van der Waals surface area contributed by atoms with Gasteiger partial charge in [0.1, 0.15) is 5.76 Å². The summed E-state index contributed by atoms with van der Waals surface area (Å²) in [5.41, 5.74) is 2.09. The Labute approximate surface area is 162 Å². The molecule has 27 heavy (non-hydrogen) atoms. The van der Waals surface area contributed by atoms with Crippen LogP contribution in [0, 0.1) is 0 Å². The first-order valence-electron chi connectivity index (χ1n) is 9.18. The Morgan fingerprint density at radius 2 is 2.00 bits per heavy atom. The van der Waals surface area contributed by atoms with Crippen LogP contribution in [0.1, 0.15) is 18.2 Å². The van der Waals surface area contributed by atoms with Crippen LogP contribution < -0.4 is 15.5 Å². The summed E-state index contributed by atoms with van der Waals surface area (Å²) in [4.78, 5) is 15.1. The van der Waals surface area contributed by atoms with Crippen molar-refractivity contribution in [2.24, 2.45) is 0 Å². The molecule has 2 fully saturated rings. The molecule has 2 aliphatic heterocycles. The Morgan fingerprint density at radius 3 is 2.74 bits per heavy atom. The third kappa shape index (κ3) is 4.31. The number of rotatable bonds is 5. The Bertz CT molecular complexity index is 825. The zero-order valence-corrected chi connectivity index (χ0v) is 16.1. The second-order valence-electron chi connectivity index (χ2n) is 6.45. The number of carbonyl (C=O) groups is 1. The molecule has 2 N–H and O–H groups in total. The summed E-state index contributed by atoms with van der Waals surface area (Å²) in [6.07, 6.45) is 2.81. The summed E-state index contributed by atoms with van der Waals surface area (Å²) >= 11 is 1.46. The van der Waals surface area contributed by atoms with Gasteiger partial charge in [-0.25, -0.2) is 0 Å². The van der Waals surface area contributed by atoms with E-state index in [2.05, 4.69) is 34.6 Å². The lowest BCUT2D eigenvalue weighted by Gasteiger charge is -2.26. The van der Waals surface area contributed by atoms with Crippen molar-refractivity contribution in [3.05, 3.63) is 52.6 Å². The smallest absolute Gasteiger partial charge is 0.260 e. The maximum atomic E-state index is 12.3. The number of thioether (sulfide) groups is 1. The van der Waals surface area contributed by atoms with Crippen molar-refractivity contribution in [3.8, 4) is 0 Å². The van der Waals surface area contributed by atoms with E-state index < -0.39 is 0 Å². The number of aryl methyl sites for hydroxylation is 1. The topological polar surface area (TPSA) is 66.7 Å². The van der Waals surface area contributed by atoms with E-state index in [1.54, 1.807) is 6.08 Å². The molecule has 2 saturated heterocycles. The van der Waals surface area contributed by atoms with Crippen LogP contribution in [0.5, 0.6) is 0 Å².